The lowest BCUT2D eigenvalue weighted by atomic mass is 9.52. The quantitative estimate of drug-likeness (QED) is 0.150. The minimum Gasteiger partial charge on any atom is -0.458 e. The monoisotopic (exact) mass is 600 g/mol. The van der Waals surface area contributed by atoms with Gasteiger partial charge in [0.25, 0.3) is 0 Å². The second kappa shape index (κ2) is 9.52. The van der Waals surface area contributed by atoms with Crippen LogP contribution in [0.1, 0.15) is 105 Å². The average molecular weight is 601 g/mol. The molecule has 1 unspecified atom stereocenters. The van der Waals surface area contributed by atoms with Crippen LogP contribution in [0.4, 0.5) is 0 Å². The molecular weight excluding hydrogens is 555 g/mol. The number of esters is 1. The summed E-state index contributed by atoms with van der Waals surface area (Å²) in [6.07, 6.45) is 10.8. The Morgan fingerprint density at radius 2 is 1.77 bits per heavy atom. The Hall–Kier alpha value is -0.210. The Kier molecular flexibility index (Phi) is 7.18. The van der Waals surface area contributed by atoms with E-state index >= 15 is 0 Å². The van der Waals surface area contributed by atoms with E-state index in [0.29, 0.717) is 36.0 Å². The summed E-state index contributed by atoms with van der Waals surface area (Å²) in [5.74, 6) is 3.70. The molecule has 1 spiro atoms. The molecule has 3 saturated carbocycles. The number of carbonyl (C=O) groups excluding carboxylic acids is 2. The molecule has 0 N–H and O–H groups in total. The van der Waals surface area contributed by atoms with Crippen LogP contribution in [0.2, 0.25) is 0 Å². The number of fused-ring (bicyclic) bond motifs is 5. The third kappa shape index (κ3) is 4.33. The number of halogens is 1. The van der Waals surface area contributed by atoms with E-state index in [4.69, 9.17) is 14.5 Å². The van der Waals surface area contributed by atoms with Gasteiger partial charge < -0.3 is 4.74 Å². The number of ketones is 1. The molecule has 0 amide bonds. The predicted molar refractivity (Wildman–Crippen MR) is 143 cm³/mol. The van der Waals surface area contributed by atoms with E-state index in [1.54, 1.807) is 0 Å². The molecule has 5 nitrogen and oxygen atoms in total. The highest BCUT2D eigenvalue weighted by molar-refractivity contribution is 14.1. The van der Waals surface area contributed by atoms with E-state index in [9.17, 15) is 9.59 Å². The van der Waals surface area contributed by atoms with Gasteiger partial charge >= 0.3 is 5.97 Å². The standard InChI is InChI=1S/C29H45IO5/c1-17(2)7-6-8-18(3)21-11-12-22-20-10-9-19(31)15-24-29(25(30)26(32)33-24)16-28(5,34-35-29)23(20)13-14-27(21,22)4/h17-18,20-25H,6-16H2,1-5H3/t18-,20+,21-,22+,23+,24?,25+,27-,28+,29-/m1/s1. The van der Waals surface area contributed by atoms with Gasteiger partial charge in [0.15, 0.2) is 5.60 Å². The van der Waals surface area contributed by atoms with Crippen molar-refractivity contribution >= 4 is 34.3 Å². The molecule has 198 valence electrons. The van der Waals surface area contributed by atoms with Gasteiger partial charge in [0.2, 0.25) is 0 Å². The minimum absolute atomic E-state index is 0.203. The van der Waals surface area contributed by atoms with Crippen molar-refractivity contribution in [3.8, 4) is 0 Å². The van der Waals surface area contributed by atoms with Crippen LogP contribution in [0.3, 0.4) is 0 Å². The molecule has 0 radical (unpaired) electrons. The molecule has 0 aromatic rings. The van der Waals surface area contributed by atoms with Crippen LogP contribution in [0.25, 0.3) is 0 Å². The molecule has 10 atom stereocenters. The number of hydrogen-bond donors (Lipinski definition) is 0. The highest BCUT2D eigenvalue weighted by Gasteiger charge is 2.69. The molecule has 5 rings (SSSR count). The molecule has 5 aliphatic rings. The molecule has 3 aliphatic carbocycles. The third-order valence-electron chi connectivity index (χ3n) is 11.0. The van der Waals surface area contributed by atoms with Crippen molar-refractivity contribution in [2.24, 2.45) is 40.9 Å². The van der Waals surface area contributed by atoms with Gasteiger partial charge in [-0.2, -0.15) is 0 Å². The molecule has 2 aliphatic heterocycles. The van der Waals surface area contributed by atoms with Crippen LogP contribution >= 0.6 is 22.6 Å². The lowest BCUT2D eigenvalue weighted by molar-refractivity contribution is -0.363. The van der Waals surface area contributed by atoms with Crippen molar-refractivity contribution in [2.75, 3.05) is 0 Å². The zero-order valence-corrected chi connectivity index (χ0v) is 24.5. The summed E-state index contributed by atoms with van der Waals surface area (Å²) in [6, 6.07) is 0. The molecule has 2 bridgehead atoms. The van der Waals surface area contributed by atoms with Crippen molar-refractivity contribution in [3.63, 3.8) is 0 Å². The lowest BCUT2D eigenvalue weighted by Gasteiger charge is -2.53. The second-order valence-corrected chi connectivity index (χ2v) is 14.8. The molecule has 0 aromatic carbocycles. The van der Waals surface area contributed by atoms with Gasteiger partial charge in [-0.1, -0.05) is 69.5 Å². The Morgan fingerprint density at radius 1 is 1.00 bits per heavy atom. The van der Waals surface area contributed by atoms with E-state index in [0.717, 1.165) is 30.6 Å². The van der Waals surface area contributed by atoms with Gasteiger partial charge in [-0.25, -0.2) is 9.78 Å². The first-order chi connectivity index (χ1) is 16.5. The highest BCUT2D eigenvalue weighted by atomic mass is 127. The van der Waals surface area contributed by atoms with Gasteiger partial charge in [0, 0.05) is 19.3 Å². The number of ether oxygens (including phenoxy) is 1. The third-order valence-corrected chi connectivity index (χ3v) is 12.6. The normalized spacial score (nSPS) is 48.3. The smallest absolute Gasteiger partial charge is 0.322 e. The van der Waals surface area contributed by atoms with Crippen LogP contribution in [0.5, 0.6) is 0 Å². The molecule has 2 saturated heterocycles. The Bertz CT molecular complexity index is 845. The Labute approximate surface area is 225 Å². The zero-order chi connectivity index (χ0) is 25.2. The van der Waals surface area contributed by atoms with Crippen LogP contribution in [-0.4, -0.2) is 33.0 Å². The first-order valence-corrected chi connectivity index (χ1v) is 15.5. The number of Topliss-reactive ketones (excluding diaryl/α,β-unsaturated/α-hetero) is 1. The summed E-state index contributed by atoms with van der Waals surface area (Å²) < 4.78 is 5.25. The number of alkyl halides is 1. The minimum atomic E-state index is -0.839. The maximum Gasteiger partial charge on any atom is 0.322 e. The fourth-order valence-corrected chi connectivity index (χ4v) is 10.1. The van der Waals surface area contributed by atoms with Crippen LogP contribution in [0.15, 0.2) is 0 Å². The maximum absolute atomic E-state index is 13.1. The van der Waals surface area contributed by atoms with E-state index < -0.39 is 21.2 Å². The second-order valence-electron chi connectivity index (χ2n) is 13.6. The Balaban J connectivity index is 1.40. The summed E-state index contributed by atoms with van der Waals surface area (Å²) in [5, 5.41) is 0. The van der Waals surface area contributed by atoms with Gasteiger partial charge in [0.1, 0.15) is 21.4 Å². The SMILES string of the molecule is CC(C)CCC[C@@H](C)[C@H]1CC[C@H]2[C@@H]3CCC(=O)CC4OC(=O)[C@H](I)[C@@]45C[C@](C)(OO5)[C@H]3CC[C@]12C. The summed E-state index contributed by atoms with van der Waals surface area (Å²) >= 11 is 2.15. The fraction of sp³-hybridized carbons (Fsp3) is 0.931. The molecule has 0 aromatic heterocycles. The number of hydrogen-bond acceptors (Lipinski definition) is 5. The summed E-state index contributed by atoms with van der Waals surface area (Å²) in [5.41, 5.74) is -0.934. The average Bonchev–Trinajstić information content (AvgIpc) is 3.40. The van der Waals surface area contributed by atoms with Crippen LogP contribution in [-0.2, 0) is 24.1 Å². The van der Waals surface area contributed by atoms with Crippen molar-refractivity contribution < 1.29 is 24.1 Å². The van der Waals surface area contributed by atoms with Gasteiger partial charge in [-0.3, -0.25) is 9.59 Å². The molecule has 6 heteroatoms. The van der Waals surface area contributed by atoms with E-state index in [2.05, 4.69) is 57.2 Å². The predicted octanol–water partition coefficient (Wildman–Crippen LogP) is 6.84. The van der Waals surface area contributed by atoms with E-state index in [1.807, 2.05) is 0 Å². The number of rotatable bonds is 5. The number of carbonyl (C=O) groups is 2. The molecular formula is C29H45IO5. The highest BCUT2D eigenvalue weighted by Crippen LogP contribution is 2.65. The summed E-state index contributed by atoms with van der Waals surface area (Å²) in [6.45, 7) is 11.9. The molecule has 5 fully saturated rings. The van der Waals surface area contributed by atoms with Crippen LogP contribution < -0.4 is 0 Å². The van der Waals surface area contributed by atoms with E-state index in [1.165, 1.54) is 38.5 Å². The van der Waals surface area contributed by atoms with Crippen LogP contribution in [0, 0.1) is 40.9 Å². The van der Waals surface area contributed by atoms with Gasteiger partial charge in [-0.15, -0.1) is 0 Å². The van der Waals surface area contributed by atoms with Crippen molar-refractivity contribution in [2.45, 2.75) is 126 Å². The fourth-order valence-electron chi connectivity index (χ4n) is 9.26. The maximum atomic E-state index is 13.1. The molecule has 2 heterocycles. The van der Waals surface area contributed by atoms with Crippen molar-refractivity contribution in [1.29, 1.82) is 0 Å². The topological polar surface area (TPSA) is 61.8 Å². The molecule has 35 heavy (non-hydrogen) atoms. The van der Waals surface area contributed by atoms with Gasteiger partial charge in [0.05, 0.1) is 0 Å². The zero-order valence-electron chi connectivity index (χ0n) is 22.3. The largest absolute Gasteiger partial charge is 0.458 e. The first-order valence-electron chi connectivity index (χ1n) is 14.2. The van der Waals surface area contributed by atoms with Crippen molar-refractivity contribution in [1.82, 2.24) is 0 Å². The summed E-state index contributed by atoms with van der Waals surface area (Å²) in [4.78, 5) is 38.0. The summed E-state index contributed by atoms with van der Waals surface area (Å²) in [7, 11) is 0. The lowest BCUT2D eigenvalue weighted by Crippen LogP contribution is -2.52. The van der Waals surface area contributed by atoms with Gasteiger partial charge in [-0.05, 0) is 80.0 Å². The first kappa shape index (κ1) is 26.4. The van der Waals surface area contributed by atoms with Crippen molar-refractivity contribution in [3.05, 3.63) is 0 Å². The van der Waals surface area contributed by atoms with E-state index in [-0.39, 0.29) is 18.2 Å². The Morgan fingerprint density at radius 3 is 2.51 bits per heavy atom.